The number of rotatable bonds is 9. The van der Waals surface area contributed by atoms with Crippen molar-refractivity contribution in [1.29, 1.82) is 0 Å². The van der Waals surface area contributed by atoms with Crippen LogP contribution in [0, 0.1) is 5.92 Å². The summed E-state index contributed by atoms with van der Waals surface area (Å²) in [5.41, 5.74) is 1.71. The molecule has 3 aromatic carbocycles. The smallest absolute Gasteiger partial charge is 0.261 e. The van der Waals surface area contributed by atoms with Crippen molar-refractivity contribution in [2.75, 3.05) is 16.3 Å². The van der Waals surface area contributed by atoms with E-state index in [1.165, 1.54) is 30.0 Å². The Morgan fingerprint density at radius 3 is 2.17 bits per heavy atom. The summed E-state index contributed by atoms with van der Waals surface area (Å²) in [6.45, 7) is 5.38. The predicted molar refractivity (Wildman–Crippen MR) is 141 cm³/mol. The highest BCUT2D eigenvalue weighted by molar-refractivity contribution is 7.98. The zero-order valence-electron chi connectivity index (χ0n) is 20.0. The number of sulfonamides is 1. The van der Waals surface area contributed by atoms with Gasteiger partial charge in [0.05, 0.1) is 27.9 Å². The van der Waals surface area contributed by atoms with E-state index in [2.05, 4.69) is 15.4 Å². The molecular formula is C26H29N3O4S2. The van der Waals surface area contributed by atoms with Crippen molar-refractivity contribution in [2.45, 2.75) is 36.6 Å². The molecular weight excluding hydrogens is 482 g/mol. The predicted octanol–water partition coefficient (Wildman–Crippen LogP) is 5.29. The fourth-order valence-corrected chi connectivity index (χ4v) is 4.94. The van der Waals surface area contributed by atoms with Gasteiger partial charge in [0, 0.05) is 10.8 Å². The molecule has 9 heteroatoms. The maximum atomic E-state index is 13.2. The molecule has 0 aliphatic carbocycles. The van der Waals surface area contributed by atoms with Gasteiger partial charge in [-0.3, -0.25) is 14.3 Å². The monoisotopic (exact) mass is 511 g/mol. The number of carbonyl (C=O) groups excluding carboxylic acids is 2. The van der Waals surface area contributed by atoms with Crippen LogP contribution in [0.2, 0.25) is 0 Å². The number of anilines is 2. The maximum Gasteiger partial charge on any atom is 0.261 e. The van der Waals surface area contributed by atoms with Crippen LogP contribution in [-0.2, 0) is 14.8 Å². The van der Waals surface area contributed by atoms with Crippen LogP contribution in [0.25, 0.3) is 0 Å². The van der Waals surface area contributed by atoms with E-state index in [-0.39, 0.29) is 34.0 Å². The van der Waals surface area contributed by atoms with Gasteiger partial charge in [0.25, 0.3) is 15.9 Å². The largest absolute Gasteiger partial charge is 0.345 e. The number of hydrogen-bond donors (Lipinski definition) is 3. The lowest BCUT2D eigenvalue weighted by atomic mass is 10.1. The highest BCUT2D eigenvalue weighted by Crippen LogP contribution is 2.30. The van der Waals surface area contributed by atoms with Gasteiger partial charge < -0.3 is 10.6 Å². The number of thioether (sulfide) groups is 1. The molecule has 0 unspecified atom stereocenters. The molecule has 184 valence electrons. The second-order valence-electron chi connectivity index (χ2n) is 8.26. The average Bonchev–Trinajstić information content (AvgIpc) is 2.84. The van der Waals surface area contributed by atoms with Crippen LogP contribution in [0.15, 0.2) is 82.6 Å². The first-order valence-electron chi connectivity index (χ1n) is 11.1. The topological polar surface area (TPSA) is 104 Å². The molecule has 2 amide bonds. The molecule has 0 aromatic heterocycles. The Bertz CT molecular complexity index is 1310. The van der Waals surface area contributed by atoms with Gasteiger partial charge in [-0.15, -0.1) is 11.8 Å². The van der Waals surface area contributed by atoms with Gasteiger partial charge in [0.1, 0.15) is 0 Å². The Morgan fingerprint density at radius 1 is 0.857 bits per heavy atom. The van der Waals surface area contributed by atoms with E-state index in [1.54, 1.807) is 38.1 Å². The molecule has 3 N–H and O–H groups in total. The highest BCUT2D eigenvalue weighted by atomic mass is 32.2. The summed E-state index contributed by atoms with van der Waals surface area (Å²) in [5.74, 6) is -0.869. The van der Waals surface area contributed by atoms with Crippen LogP contribution in [-0.4, -0.2) is 26.5 Å². The fraction of sp³-hybridized carbons (Fsp3) is 0.231. The van der Waals surface area contributed by atoms with Gasteiger partial charge in [-0.1, -0.05) is 56.3 Å². The molecule has 0 heterocycles. The maximum absolute atomic E-state index is 13.2. The zero-order chi connectivity index (χ0) is 25.6. The molecule has 1 atom stereocenters. The molecule has 0 radical (unpaired) electrons. The minimum Gasteiger partial charge on any atom is -0.345 e. The second-order valence-corrected chi connectivity index (χ2v) is 10.8. The van der Waals surface area contributed by atoms with Gasteiger partial charge in [-0.05, 0) is 49.1 Å². The van der Waals surface area contributed by atoms with E-state index in [4.69, 9.17) is 0 Å². The first-order chi connectivity index (χ1) is 16.6. The molecule has 0 aliphatic heterocycles. The molecule has 3 aromatic rings. The zero-order valence-corrected chi connectivity index (χ0v) is 21.7. The van der Waals surface area contributed by atoms with Crippen LogP contribution in [0.5, 0.6) is 0 Å². The quantitative estimate of drug-likeness (QED) is 0.339. The number of carbonyl (C=O) groups is 2. The summed E-state index contributed by atoms with van der Waals surface area (Å²) in [6, 6.07) is 20.2. The third-order valence-corrected chi connectivity index (χ3v) is 7.49. The standard InChI is InChI=1S/C26H29N3O4S2/c1-17(2)25(30)28-23-16-20(14-15-24(23)34-4)35(32,33)29-22-13-9-8-12-21(22)26(31)27-18(3)19-10-6-5-7-11-19/h5-18,29H,1-4H3,(H,27,31)(H,28,30)/t18-/m1/s1. The molecule has 0 saturated heterocycles. The van der Waals surface area contributed by atoms with Crippen LogP contribution in [0.1, 0.15) is 42.7 Å². The molecule has 0 bridgehead atoms. The van der Waals surface area contributed by atoms with Crippen LogP contribution in [0.3, 0.4) is 0 Å². The number of hydrogen-bond acceptors (Lipinski definition) is 5. The first kappa shape index (κ1) is 26.3. The van der Waals surface area contributed by atoms with Crippen molar-refractivity contribution < 1.29 is 18.0 Å². The second kappa shape index (κ2) is 11.4. The van der Waals surface area contributed by atoms with Gasteiger partial charge in [-0.25, -0.2) is 8.42 Å². The molecule has 0 spiro atoms. The average molecular weight is 512 g/mol. The lowest BCUT2D eigenvalue weighted by molar-refractivity contribution is -0.118. The van der Waals surface area contributed by atoms with E-state index in [0.29, 0.717) is 5.69 Å². The summed E-state index contributed by atoms with van der Waals surface area (Å²) in [5, 5.41) is 5.70. The van der Waals surface area contributed by atoms with E-state index in [0.717, 1.165) is 10.5 Å². The normalized spacial score (nSPS) is 12.1. The van der Waals surface area contributed by atoms with E-state index in [1.807, 2.05) is 43.5 Å². The molecule has 0 aliphatic rings. The SMILES string of the molecule is CSc1ccc(S(=O)(=O)Nc2ccccc2C(=O)N[C@H](C)c2ccccc2)cc1NC(=O)C(C)C. The van der Waals surface area contributed by atoms with Crippen LogP contribution in [0.4, 0.5) is 11.4 Å². The van der Waals surface area contributed by atoms with E-state index < -0.39 is 15.9 Å². The van der Waals surface area contributed by atoms with Gasteiger partial charge >= 0.3 is 0 Å². The summed E-state index contributed by atoms with van der Waals surface area (Å²) in [6.07, 6.45) is 1.85. The summed E-state index contributed by atoms with van der Waals surface area (Å²) in [7, 11) is -4.04. The van der Waals surface area contributed by atoms with Crippen molar-refractivity contribution in [2.24, 2.45) is 5.92 Å². The third-order valence-electron chi connectivity index (χ3n) is 5.33. The Morgan fingerprint density at radius 2 is 1.51 bits per heavy atom. The van der Waals surface area contributed by atoms with Crippen molar-refractivity contribution in [1.82, 2.24) is 5.32 Å². The highest BCUT2D eigenvalue weighted by Gasteiger charge is 2.21. The first-order valence-corrected chi connectivity index (χ1v) is 13.8. The van der Waals surface area contributed by atoms with E-state index >= 15 is 0 Å². The molecule has 35 heavy (non-hydrogen) atoms. The molecule has 7 nitrogen and oxygen atoms in total. The molecule has 0 saturated carbocycles. The van der Waals surface area contributed by atoms with Gasteiger partial charge in [0.15, 0.2) is 0 Å². The summed E-state index contributed by atoms with van der Waals surface area (Å²) in [4.78, 5) is 25.9. The van der Waals surface area contributed by atoms with Gasteiger partial charge in [0.2, 0.25) is 5.91 Å². The van der Waals surface area contributed by atoms with Crippen molar-refractivity contribution in [3.8, 4) is 0 Å². The van der Waals surface area contributed by atoms with Crippen LogP contribution < -0.4 is 15.4 Å². The van der Waals surface area contributed by atoms with Gasteiger partial charge in [-0.2, -0.15) is 0 Å². The number of nitrogens with one attached hydrogen (secondary N) is 3. The Hall–Kier alpha value is -3.30. The van der Waals surface area contributed by atoms with Crippen molar-refractivity contribution in [3.63, 3.8) is 0 Å². The van der Waals surface area contributed by atoms with Crippen molar-refractivity contribution in [3.05, 3.63) is 83.9 Å². The molecule has 3 rings (SSSR count). The lowest BCUT2D eigenvalue weighted by Crippen LogP contribution is -2.28. The number of benzene rings is 3. The summed E-state index contributed by atoms with van der Waals surface area (Å²) >= 11 is 1.40. The minimum atomic E-state index is -4.04. The number of para-hydroxylation sites is 1. The summed E-state index contributed by atoms with van der Waals surface area (Å²) < 4.78 is 29.0. The van der Waals surface area contributed by atoms with E-state index in [9.17, 15) is 18.0 Å². The fourth-order valence-electron chi connectivity index (χ4n) is 3.30. The third kappa shape index (κ3) is 6.64. The van der Waals surface area contributed by atoms with Crippen molar-refractivity contribution >= 4 is 45.0 Å². The molecule has 0 fully saturated rings. The Labute approximate surface area is 210 Å². The lowest BCUT2D eigenvalue weighted by Gasteiger charge is -2.17. The minimum absolute atomic E-state index is 0.0257. The Balaban J connectivity index is 1.86. The Kier molecular flexibility index (Phi) is 8.58. The number of amides is 2. The van der Waals surface area contributed by atoms with Crippen LogP contribution >= 0.6 is 11.8 Å².